The lowest BCUT2D eigenvalue weighted by atomic mass is 10.1. The molecule has 1 aromatic heterocycles. The summed E-state index contributed by atoms with van der Waals surface area (Å²) < 4.78 is 5.06. The second-order valence-corrected chi connectivity index (χ2v) is 3.64. The van der Waals surface area contributed by atoms with Gasteiger partial charge in [0.1, 0.15) is 11.6 Å². The molecule has 0 atom stereocenters. The van der Waals surface area contributed by atoms with Crippen molar-refractivity contribution in [2.75, 3.05) is 7.11 Å². The number of rotatable bonds is 3. The zero-order valence-electron chi connectivity index (χ0n) is 10.00. The van der Waals surface area contributed by atoms with E-state index in [1.165, 1.54) is 7.11 Å². The van der Waals surface area contributed by atoms with Gasteiger partial charge in [0.15, 0.2) is 0 Å². The van der Waals surface area contributed by atoms with Crippen LogP contribution in [-0.4, -0.2) is 12.1 Å². The van der Waals surface area contributed by atoms with Crippen LogP contribution in [0.4, 0.5) is 0 Å². The van der Waals surface area contributed by atoms with E-state index in [2.05, 4.69) is 11.1 Å². The smallest absolute Gasteiger partial charge is 0.231 e. The van der Waals surface area contributed by atoms with E-state index in [-0.39, 0.29) is 0 Å². The Bertz CT molecular complexity index is 598. The van der Waals surface area contributed by atoms with Gasteiger partial charge in [-0.05, 0) is 17.2 Å². The van der Waals surface area contributed by atoms with E-state index in [1.54, 1.807) is 12.3 Å². The largest absolute Gasteiger partial charge is 0.480 e. The lowest BCUT2D eigenvalue weighted by Gasteiger charge is -2.03. The zero-order valence-corrected chi connectivity index (χ0v) is 10.00. The summed E-state index contributed by atoms with van der Waals surface area (Å²) in [6.07, 6.45) is 5.47. The van der Waals surface area contributed by atoms with Crippen molar-refractivity contribution in [3.05, 3.63) is 59.3 Å². The normalized spacial score (nSPS) is 10.2. The van der Waals surface area contributed by atoms with Gasteiger partial charge in [-0.25, -0.2) is 4.98 Å². The molecule has 0 saturated heterocycles. The van der Waals surface area contributed by atoms with Gasteiger partial charge >= 0.3 is 0 Å². The van der Waals surface area contributed by atoms with Gasteiger partial charge in [-0.3, -0.25) is 0 Å². The number of pyridine rings is 1. The minimum Gasteiger partial charge on any atom is -0.480 e. The Hall–Kier alpha value is -2.60. The molecule has 0 N–H and O–H groups in total. The Kier molecular flexibility index (Phi) is 3.72. The summed E-state index contributed by atoms with van der Waals surface area (Å²) in [7, 11) is 1.51. The molecule has 0 aliphatic heterocycles. The van der Waals surface area contributed by atoms with Crippen molar-refractivity contribution in [2.24, 2.45) is 0 Å². The number of nitriles is 1. The molecular formula is C15H12N2O. The molecular weight excluding hydrogens is 224 g/mol. The highest BCUT2D eigenvalue weighted by molar-refractivity contribution is 5.73. The van der Waals surface area contributed by atoms with Crippen LogP contribution in [0.3, 0.4) is 0 Å². The average molecular weight is 236 g/mol. The molecule has 0 saturated carbocycles. The summed E-state index contributed by atoms with van der Waals surface area (Å²) in [5, 5.41) is 9.12. The van der Waals surface area contributed by atoms with E-state index < -0.39 is 0 Å². The van der Waals surface area contributed by atoms with Crippen LogP contribution in [0.1, 0.15) is 16.7 Å². The average Bonchev–Trinajstić information content (AvgIpc) is 2.45. The van der Waals surface area contributed by atoms with E-state index >= 15 is 0 Å². The number of nitrogens with zero attached hydrogens (tertiary/aromatic N) is 2. The van der Waals surface area contributed by atoms with E-state index in [9.17, 15) is 0 Å². The fourth-order valence-corrected chi connectivity index (χ4v) is 1.61. The van der Waals surface area contributed by atoms with E-state index in [1.807, 2.05) is 42.5 Å². The van der Waals surface area contributed by atoms with Crippen molar-refractivity contribution in [3.63, 3.8) is 0 Å². The van der Waals surface area contributed by atoms with Crippen LogP contribution >= 0.6 is 0 Å². The van der Waals surface area contributed by atoms with Gasteiger partial charge in [0, 0.05) is 6.20 Å². The second-order valence-electron chi connectivity index (χ2n) is 3.64. The highest BCUT2D eigenvalue weighted by Crippen LogP contribution is 2.20. The molecule has 0 spiro atoms. The molecule has 1 aromatic carbocycles. The number of benzene rings is 1. The Morgan fingerprint density at radius 3 is 2.61 bits per heavy atom. The summed E-state index contributed by atoms with van der Waals surface area (Å²) in [5.41, 5.74) is 2.33. The summed E-state index contributed by atoms with van der Waals surface area (Å²) in [4.78, 5) is 4.01. The Balaban J connectivity index is 2.36. The molecule has 0 aliphatic rings. The minimum absolute atomic E-state index is 0.354. The number of hydrogen-bond acceptors (Lipinski definition) is 3. The van der Waals surface area contributed by atoms with Gasteiger partial charge in [-0.1, -0.05) is 42.5 Å². The van der Waals surface area contributed by atoms with Crippen molar-refractivity contribution in [1.82, 2.24) is 4.98 Å². The number of aromatic nitrogens is 1. The molecule has 0 aliphatic carbocycles. The monoisotopic (exact) mass is 236 g/mol. The molecule has 0 radical (unpaired) electrons. The SMILES string of the molecule is COc1nccc(/C=C/c2ccccc2)c1C#N. The molecule has 0 bridgehead atoms. The predicted molar refractivity (Wildman–Crippen MR) is 70.9 cm³/mol. The third-order valence-corrected chi connectivity index (χ3v) is 2.51. The standard InChI is InChI=1S/C15H12N2O/c1-18-15-14(11-16)13(9-10-17-15)8-7-12-5-3-2-4-6-12/h2-10H,1H3/b8-7+. The first kappa shape index (κ1) is 11.9. The van der Waals surface area contributed by atoms with Crippen molar-refractivity contribution in [2.45, 2.75) is 0 Å². The van der Waals surface area contributed by atoms with Crippen LogP contribution in [0, 0.1) is 11.3 Å². The first-order valence-electron chi connectivity index (χ1n) is 5.51. The summed E-state index contributed by atoms with van der Waals surface area (Å²) in [5.74, 6) is 0.354. The molecule has 0 unspecified atom stereocenters. The zero-order chi connectivity index (χ0) is 12.8. The molecule has 1 heterocycles. The van der Waals surface area contributed by atoms with E-state index in [0.29, 0.717) is 11.4 Å². The third kappa shape index (κ3) is 2.55. The van der Waals surface area contributed by atoms with Crippen molar-refractivity contribution >= 4 is 12.2 Å². The van der Waals surface area contributed by atoms with Crippen LogP contribution in [0.2, 0.25) is 0 Å². The molecule has 88 valence electrons. The van der Waals surface area contributed by atoms with Gasteiger partial charge in [-0.15, -0.1) is 0 Å². The molecule has 3 nitrogen and oxygen atoms in total. The molecule has 2 rings (SSSR count). The van der Waals surface area contributed by atoms with Gasteiger partial charge in [0.25, 0.3) is 0 Å². The lowest BCUT2D eigenvalue weighted by Crippen LogP contribution is -1.93. The van der Waals surface area contributed by atoms with Gasteiger partial charge in [0.05, 0.1) is 7.11 Å². The Labute approximate surface area is 106 Å². The maximum absolute atomic E-state index is 9.12. The lowest BCUT2D eigenvalue weighted by molar-refractivity contribution is 0.396. The van der Waals surface area contributed by atoms with Crippen LogP contribution in [0.5, 0.6) is 5.88 Å². The Morgan fingerprint density at radius 1 is 1.17 bits per heavy atom. The van der Waals surface area contributed by atoms with Gasteiger partial charge in [-0.2, -0.15) is 5.26 Å². The number of methoxy groups -OCH3 is 1. The number of hydrogen-bond donors (Lipinski definition) is 0. The topological polar surface area (TPSA) is 45.9 Å². The van der Waals surface area contributed by atoms with E-state index in [0.717, 1.165) is 11.1 Å². The molecule has 3 heteroatoms. The van der Waals surface area contributed by atoms with Crippen molar-refractivity contribution in [1.29, 1.82) is 5.26 Å². The number of ether oxygens (including phenoxy) is 1. The fraction of sp³-hybridized carbons (Fsp3) is 0.0667. The van der Waals surface area contributed by atoms with Crippen molar-refractivity contribution in [3.8, 4) is 11.9 Å². The maximum Gasteiger partial charge on any atom is 0.231 e. The summed E-state index contributed by atoms with van der Waals surface area (Å²) in [6.45, 7) is 0. The predicted octanol–water partition coefficient (Wildman–Crippen LogP) is 3.13. The first-order valence-corrected chi connectivity index (χ1v) is 5.51. The van der Waals surface area contributed by atoms with Crippen molar-refractivity contribution < 1.29 is 4.74 Å². The summed E-state index contributed by atoms with van der Waals surface area (Å²) in [6, 6.07) is 13.8. The quantitative estimate of drug-likeness (QED) is 0.822. The molecule has 2 aromatic rings. The highest BCUT2D eigenvalue weighted by Gasteiger charge is 2.06. The molecule has 0 fully saturated rings. The van der Waals surface area contributed by atoms with Crippen LogP contribution in [0.25, 0.3) is 12.2 Å². The molecule has 18 heavy (non-hydrogen) atoms. The van der Waals surface area contributed by atoms with E-state index in [4.69, 9.17) is 10.00 Å². The van der Waals surface area contributed by atoms with Crippen LogP contribution < -0.4 is 4.74 Å². The van der Waals surface area contributed by atoms with Gasteiger partial charge < -0.3 is 4.74 Å². The second kappa shape index (κ2) is 5.65. The van der Waals surface area contributed by atoms with Crippen LogP contribution in [0.15, 0.2) is 42.6 Å². The Morgan fingerprint density at radius 2 is 1.94 bits per heavy atom. The molecule has 0 amide bonds. The van der Waals surface area contributed by atoms with Gasteiger partial charge in [0.2, 0.25) is 5.88 Å². The minimum atomic E-state index is 0.354. The maximum atomic E-state index is 9.12. The highest BCUT2D eigenvalue weighted by atomic mass is 16.5. The third-order valence-electron chi connectivity index (χ3n) is 2.51. The fourth-order valence-electron chi connectivity index (χ4n) is 1.61. The summed E-state index contributed by atoms with van der Waals surface area (Å²) >= 11 is 0. The van der Waals surface area contributed by atoms with Crippen LogP contribution in [-0.2, 0) is 0 Å². The first-order chi connectivity index (χ1) is 8.85.